The van der Waals surface area contributed by atoms with Crippen molar-refractivity contribution < 1.29 is 4.74 Å². The van der Waals surface area contributed by atoms with Gasteiger partial charge in [-0.1, -0.05) is 76.5 Å². The van der Waals surface area contributed by atoms with E-state index in [0.717, 1.165) is 29.5 Å². The first-order valence-electron chi connectivity index (χ1n) is 14.9. The van der Waals surface area contributed by atoms with Crippen LogP contribution in [-0.2, 0) is 11.2 Å². The fourth-order valence-electron chi connectivity index (χ4n) is 7.00. The Balaban J connectivity index is 1.23. The van der Waals surface area contributed by atoms with Crippen LogP contribution in [0.1, 0.15) is 108 Å². The Labute approximate surface area is 219 Å². The monoisotopic (exact) mass is 486 g/mol. The van der Waals surface area contributed by atoms with Crippen molar-refractivity contribution in [1.82, 2.24) is 9.97 Å². The summed E-state index contributed by atoms with van der Waals surface area (Å²) in [7, 11) is 1.84. The summed E-state index contributed by atoms with van der Waals surface area (Å²) in [5, 5.41) is 0. The van der Waals surface area contributed by atoms with E-state index in [-0.39, 0.29) is 0 Å². The number of hydrogen-bond acceptors (Lipinski definition) is 3. The number of nitrogens with zero attached hydrogens (tertiary/aromatic N) is 2. The summed E-state index contributed by atoms with van der Waals surface area (Å²) in [5.74, 6) is 3.94. The average Bonchev–Trinajstić information content (AvgIpc) is 3.55. The number of unbranched alkanes of at least 4 members (excludes halogenated alkanes) is 2. The second-order valence-corrected chi connectivity index (χ2v) is 11.7. The molecule has 194 valence electrons. The van der Waals surface area contributed by atoms with Crippen LogP contribution in [-0.4, -0.2) is 17.1 Å². The van der Waals surface area contributed by atoms with Gasteiger partial charge < -0.3 is 4.74 Å². The van der Waals surface area contributed by atoms with Crippen molar-refractivity contribution in [2.24, 2.45) is 23.7 Å². The van der Waals surface area contributed by atoms with Crippen molar-refractivity contribution in [3.05, 3.63) is 65.0 Å². The largest absolute Gasteiger partial charge is 0.497 e. The lowest BCUT2D eigenvalue weighted by atomic mass is 9.87. The van der Waals surface area contributed by atoms with Crippen molar-refractivity contribution in [3.8, 4) is 0 Å². The molecule has 3 atom stereocenters. The average molecular weight is 487 g/mol. The van der Waals surface area contributed by atoms with Crippen LogP contribution in [0.3, 0.4) is 0 Å². The van der Waals surface area contributed by atoms with E-state index < -0.39 is 0 Å². The molecule has 4 aliphatic rings. The summed E-state index contributed by atoms with van der Waals surface area (Å²) in [6.07, 6.45) is 32.9. The van der Waals surface area contributed by atoms with Crippen molar-refractivity contribution in [2.75, 3.05) is 7.11 Å². The van der Waals surface area contributed by atoms with E-state index in [1.54, 1.807) is 5.57 Å². The minimum atomic E-state index is 0.541. The van der Waals surface area contributed by atoms with Gasteiger partial charge in [-0.2, -0.15) is 0 Å². The minimum absolute atomic E-state index is 0.541. The molecule has 1 heterocycles. The highest BCUT2D eigenvalue weighted by atomic mass is 16.5. The zero-order valence-corrected chi connectivity index (χ0v) is 22.7. The van der Waals surface area contributed by atoms with Crippen LogP contribution < -0.4 is 0 Å². The Morgan fingerprint density at radius 1 is 1.06 bits per heavy atom. The van der Waals surface area contributed by atoms with Crippen LogP contribution in [0.15, 0.2) is 53.6 Å². The molecular formula is C33H46N2O. The van der Waals surface area contributed by atoms with Gasteiger partial charge >= 0.3 is 0 Å². The molecule has 0 aliphatic heterocycles. The normalized spacial score (nSPS) is 24.4. The van der Waals surface area contributed by atoms with E-state index in [1.165, 1.54) is 101 Å². The van der Waals surface area contributed by atoms with E-state index in [1.807, 2.05) is 19.5 Å². The lowest BCUT2D eigenvalue weighted by Crippen LogP contribution is -2.11. The van der Waals surface area contributed by atoms with Gasteiger partial charge in [0.1, 0.15) is 5.76 Å². The quantitative estimate of drug-likeness (QED) is 0.261. The first kappa shape index (κ1) is 25.5. The number of methoxy groups -OCH3 is 1. The summed E-state index contributed by atoms with van der Waals surface area (Å²) >= 11 is 0. The summed E-state index contributed by atoms with van der Waals surface area (Å²) in [5.41, 5.74) is 6.59. The number of rotatable bonds is 13. The molecule has 0 N–H and O–H groups in total. The summed E-state index contributed by atoms with van der Waals surface area (Å²) in [4.78, 5) is 9.79. The van der Waals surface area contributed by atoms with Crippen molar-refractivity contribution in [2.45, 2.75) is 103 Å². The molecule has 3 unspecified atom stereocenters. The van der Waals surface area contributed by atoms with Gasteiger partial charge in [0.15, 0.2) is 0 Å². The molecule has 2 saturated carbocycles. The Morgan fingerprint density at radius 3 is 2.72 bits per heavy atom. The van der Waals surface area contributed by atoms with Crippen LogP contribution in [0.25, 0.3) is 5.57 Å². The molecule has 3 heteroatoms. The second kappa shape index (κ2) is 12.4. The van der Waals surface area contributed by atoms with Gasteiger partial charge in [-0.25, -0.2) is 4.98 Å². The highest BCUT2D eigenvalue weighted by Gasteiger charge is 2.46. The molecule has 0 aromatic carbocycles. The molecule has 5 rings (SSSR count). The van der Waals surface area contributed by atoms with Gasteiger partial charge in [0, 0.05) is 6.20 Å². The van der Waals surface area contributed by atoms with E-state index in [2.05, 4.69) is 36.2 Å². The zero-order chi connectivity index (χ0) is 24.7. The van der Waals surface area contributed by atoms with Gasteiger partial charge in [0.2, 0.25) is 0 Å². The molecule has 0 bridgehead atoms. The van der Waals surface area contributed by atoms with E-state index in [9.17, 15) is 0 Å². The predicted octanol–water partition coefficient (Wildman–Crippen LogP) is 8.79. The number of aromatic nitrogens is 2. The Kier molecular flexibility index (Phi) is 8.77. The Morgan fingerprint density at radius 2 is 1.94 bits per heavy atom. The topological polar surface area (TPSA) is 35.0 Å². The second-order valence-electron chi connectivity index (χ2n) is 11.7. The van der Waals surface area contributed by atoms with Gasteiger partial charge in [-0.05, 0) is 91.4 Å². The van der Waals surface area contributed by atoms with Gasteiger partial charge in [-0.3, -0.25) is 4.98 Å². The molecule has 36 heavy (non-hydrogen) atoms. The summed E-state index contributed by atoms with van der Waals surface area (Å²) < 4.78 is 5.94. The van der Waals surface area contributed by atoms with E-state index in [0.29, 0.717) is 17.8 Å². The highest BCUT2D eigenvalue weighted by molar-refractivity contribution is 5.72. The smallest absolute Gasteiger partial charge is 0.118 e. The SMILES string of the molecule is CCCC(Cc1cncc(C2=CC(OC)=C(CCCCCC3CCCC3)C3CC23)n1)C1=CCCC=C1. The predicted molar refractivity (Wildman–Crippen MR) is 149 cm³/mol. The van der Waals surface area contributed by atoms with Crippen molar-refractivity contribution in [3.63, 3.8) is 0 Å². The molecule has 1 aromatic rings. The van der Waals surface area contributed by atoms with E-state index in [4.69, 9.17) is 9.72 Å². The van der Waals surface area contributed by atoms with Crippen molar-refractivity contribution in [1.29, 1.82) is 0 Å². The third kappa shape index (κ3) is 6.21. The lowest BCUT2D eigenvalue weighted by Gasteiger charge is -2.21. The molecule has 3 nitrogen and oxygen atoms in total. The first-order valence-corrected chi connectivity index (χ1v) is 14.9. The molecule has 0 saturated heterocycles. The number of fused-ring (bicyclic) bond motifs is 1. The molecule has 2 fully saturated rings. The fraction of sp³-hybridized carbons (Fsp3) is 0.636. The molecule has 0 radical (unpaired) electrons. The Bertz CT molecular complexity index is 1010. The van der Waals surface area contributed by atoms with Crippen LogP contribution in [0.5, 0.6) is 0 Å². The molecular weight excluding hydrogens is 440 g/mol. The number of hydrogen-bond donors (Lipinski definition) is 0. The maximum absolute atomic E-state index is 5.94. The van der Waals surface area contributed by atoms with Crippen LogP contribution in [0.4, 0.5) is 0 Å². The van der Waals surface area contributed by atoms with Gasteiger partial charge in [0.05, 0.1) is 24.7 Å². The molecule has 1 aromatic heterocycles. The third-order valence-electron chi connectivity index (χ3n) is 9.06. The third-order valence-corrected chi connectivity index (χ3v) is 9.06. The zero-order valence-electron chi connectivity index (χ0n) is 22.7. The first-order chi connectivity index (χ1) is 17.8. The summed E-state index contributed by atoms with van der Waals surface area (Å²) in [6, 6.07) is 0. The van der Waals surface area contributed by atoms with Gasteiger partial charge in [0.25, 0.3) is 0 Å². The highest BCUT2D eigenvalue weighted by Crippen LogP contribution is 2.56. The molecule has 0 spiro atoms. The number of allylic oxidation sites excluding steroid dienone is 7. The van der Waals surface area contributed by atoms with Crippen LogP contribution in [0, 0.1) is 23.7 Å². The molecule has 4 aliphatic carbocycles. The number of ether oxygens (including phenoxy) is 1. The maximum atomic E-state index is 5.94. The van der Waals surface area contributed by atoms with E-state index >= 15 is 0 Å². The Hall–Kier alpha value is -2.16. The fourth-order valence-corrected chi connectivity index (χ4v) is 7.00. The van der Waals surface area contributed by atoms with Crippen LogP contribution in [0.2, 0.25) is 0 Å². The molecule has 0 amide bonds. The maximum Gasteiger partial charge on any atom is 0.118 e. The minimum Gasteiger partial charge on any atom is -0.497 e. The standard InChI is InChI=1S/C33H46N2O/c1-3-12-26(25-16-7-5-8-17-25)19-27-22-34-23-32(35-27)31-21-33(36-2)28(29-20-30(29)31)18-9-4-6-13-24-14-10-11-15-24/h7,16-17,21-24,26,29-30H,3-6,8-15,18-20H2,1-2H3. The summed E-state index contributed by atoms with van der Waals surface area (Å²) in [6.45, 7) is 2.29. The van der Waals surface area contributed by atoms with Crippen molar-refractivity contribution >= 4 is 5.57 Å². The van der Waals surface area contributed by atoms with Gasteiger partial charge in [-0.15, -0.1) is 0 Å². The lowest BCUT2D eigenvalue weighted by molar-refractivity contribution is 0.296. The van der Waals surface area contributed by atoms with Crippen LogP contribution >= 0.6 is 0 Å².